The van der Waals surface area contributed by atoms with Crippen molar-refractivity contribution >= 4 is 29.4 Å². The molecule has 3 heterocycles. The van der Waals surface area contributed by atoms with Crippen molar-refractivity contribution in [2.24, 2.45) is 5.92 Å². The fraction of sp³-hybridized carbons (Fsp3) is 0.750. The fourth-order valence-corrected chi connectivity index (χ4v) is 5.41. The molecule has 0 spiro atoms. The highest BCUT2D eigenvalue weighted by molar-refractivity contribution is 7.98. The Hall–Kier alpha value is -1.54. The minimum absolute atomic E-state index is 0.0347. The third kappa shape index (κ3) is 4.89. The highest BCUT2D eigenvalue weighted by Crippen LogP contribution is 2.35. The van der Waals surface area contributed by atoms with Crippen LogP contribution >= 0.6 is 11.8 Å². The van der Waals surface area contributed by atoms with Crippen LogP contribution in [-0.4, -0.2) is 40.9 Å². The summed E-state index contributed by atoms with van der Waals surface area (Å²) >= 11 is 1.79. The van der Waals surface area contributed by atoms with E-state index in [4.69, 9.17) is 4.74 Å². The van der Waals surface area contributed by atoms with E-state index in [1.165, 1.54) is 25.7 Å². The molecule has 1 unspecified atom stereocenters. The van der Waals surface area contributed by atoms with E-state index in [9.17, 15) is 9.59 Å². The molecule has 1 aromatic heterocycles. The van der Waals surface area contributed by atoms with Gasteiger partial charge in [-0.3, -0.25) is 9.59 Å². The predicted molar refractivity (Wildman–Crippen MR) is 109 cm³/mol. The molecule has 4 rings (SSSR count). The summed E-state index contributed by atoms with van der Waals surface area (Å²) in [4.78, 5) is 24.9. The molecule has 1 aliphatic carbocycles. The molecule has 8 heteroatoms. The minimum atomic E-state index is -0.0919. The summed E-state index contributed by atoms with van der Waals surface area (Å²) in [6.45, 7) is 1.45. The molecule has 1 aromatic rings. The van der Waals surface area contributed by atoms with Crippen LogP contribution in [0.15, 0.2) is 0 Å². The van der Waals surface area contributed by atoms with Crippen molar-refractivity contribution in [1.29, 1.82) is 0 Å². The molecule has 3 aliphatic rings. The Morgan fingerprint density at radius 1 is 1.14 bits per heavy atom. The van der Waals surface area contributed by atoms with Gasteiger partial charge in [0, 0.05) is 36.6 Å². The Morgan fingerprint density at radius 3 is 2.79 bits per heavy atom. The molecule has 7 nitrogen and oxygen atoms in total. The van der Waals surface area contributed by atoms with E-state index >= 15 is 0 Å². The van der Waals surface area contributed by atoms with Crippen LogP contribution in [-0.2, 0) is 32.4 Å². The number of thioether (sulfide) groups is 1. The number of hydrogen-bond donors (Lipinski definition) is 2. The van der Waals surface area contributed by atoms with Crippen molar-refractivity contribution in [3.05, 3.63) is 11.3 Å². The van der Waals surface area contributed by atoms with Crippen LogP contribution in [0.5, 0.6) is 0 Å². The van der Waals surface area contributed by atoms with Gasteiger partial charge in [0.15, 0.2) is 0 Å². The van der Waals surface area contributed by atoms with Gasteiger partial charge in [-0.15, -0.1) is 0 Å². The molecule has 1 saturated carbocycles. The summed E-state index contributed by atoms with van der Waals surface area (Å²) in [5.41, 5.74) is 2.06. The van der Waals surface area contributed by atoms with Gasteiger partial charge in [0.2, 0.25) is 11.8 Å². The van der Waals surface area contributed by atoms with Crippen LogP contribution in [0.1, 0.15) is 62.6 Å². The number of anilines is 1. The van der Waals surface area contributed by atoms with Gasteiger partial charge in [-0.1, -0.05) is 25.7 Å². The third-order valence-electron chi connectivity index (χ3n) is 5.98. The first-order valence-corrected chi connectivity index (χ1v) is 11.7. The van der Waals surface area contributed by atoms with E-state index in [0.29, 0.717) is 24.7 Å². The summed E-state index contributed by atoms with van der Waals surface area (Å²) in [5, 5.41) is 10.6. The first-order valence-electron chi connectivity index (χ1n) is 10.5. The maximum atomic E-state index is 12.5. The molecule has 0 bridgehead atoms. The zero-order valence-electron chi connectivity index (χ0n) is 16.4. The number of fused-ring (bicyclic) bond motifs is 1. The number of amides is 2. The molecule has 2 aliphatic heterocycles. The van der Waals surface area contributed by atoms with E-state index in [1.807, 2.05) is 0 Å². The maximum Gasteiger partial charge on any atom is 0.241 e. The topological polar surface area (TPSA) is 85.2 Å². The van der Waals surface area contributed by atoms with Crippen LogP contribution in [0, 0.1) is 5.92 Å². The Bertz CT molecular complexity index is 709. The SMILES string of the molecule is O=C(Cn1nc2c(c1NC(=O)CCC1CCCC1)CSC2)NCC1CCCO1. The van der Waals surface area contributed by atoms with E-state index in [1.54, 1.807) is 16.4 Å². The van der Waals surface area contributed by atoms with E-state index in [-0.39, 0.29) is 24.5 Å². The summed E-state index contributed by atoms with van der Waals surface area (Å²) < 4.78 is 7.22. The van der Waals surface area contributed by atoms with Gasteiger partial charge in [0.05, 0.1) is 11.8 Å². The highest BCUT2D eigenvalue weighted by Gasteiger charge is 2.26. The Labute approximate surface area is 170 Å². The number of ether oxygens (including phenoxy) is 1. The maximum absolute atomic E-state index is 12.5. The lowest BCUT2D eigenvalue weighted by Crippen LogP contribution is -2.34. The second-order valence-electron chi connectivity index (χ2n) is 8.10. The lowest BCUT2D eigenvalue weighted by molar-refractivity contribution is -0.122. The van der Waals surface area contributed by atoms with Crippen molar-refractivity contribution in [3.63, 3.8) is 0 Å². The Kier molecular flexibility index (Phi) is 6.57. The first kappa shape index (κ1) is 19.8. The average Bonchev–Trinajstić information content (AvgIpc) is 3.46. The van der Waals surface area contributed by atoms with E-state index < -0.39 is 0 Å². The number of carbonyl (C=O) groups is 2. The van der Waals surface area contributed by atoms with Gasteiger partial charge in [-0.2, -0.15) is 16.9 Å². The summed E-state index contributed by atoms with van der Waals surface area (Å²) in [6, 6.07) is 0. The molecule has 154 valence electrons. The van der Waals surface area contributed by atoms with E-state index in [2.05, 4.69) is 15.7 Å². The van der Waals surface area contributed by atoms with Crippen molar-refractivity contribution < 1.29 is 14.3 Å². The number of nitrogens with zero attached hydrogens (tertiary/aromatic N) is 2. The molecule has 2 fully saturated rings. The quantitative estimate of drug-likeness (QED) is 0.693. The van der Waals surface area contributed by atoms with Crippen LogP contribution in [0.25, 0.3) is 0 Å². The van der Waals surface area contributed by atoms with Crippen LogP contribution in [0.2, 0.25) is 0 Å². The van der Waals surface area contributed by atoms with Crippen molar-refractivity contribution in [2.45, 2.75) is 75.5 Å². The Balaban J connectivity index is 1.34. The molecule has 28 heavy (non-hydrogen) atoms. The second kappa shape index (κ2) is 9.31. The molecule has 1 atom stereocenters. The van der Waals surface area contributed by atoms with Gasteiger partial charge in [0.1, 0.15) is 12.4 Å². The molecular formula is C20H30N4O3S. The monoisotopic (exact) mass is 406 g/mol. The van der Waals surface area contributed by atoms with Gasteiger partial charge >= 0.3 is 0 Å². The lowest BCUT2D eigenvalue weighted by atomic mass is 10.0. The van der Waals surface area contributed by atoms with Crippen molar-refractivity contribution in [3.8, 4) is 0 Å². The molecule has 0 aromatic carbocycles. The normalized spacial score (nSPS) is 21.8. The zero-order valence-corrected chi connectivity index (χ0v) is 17.2. The Morgan fingerprint density at radius 2 is 2.00 bits per heavy atom. The highest BCUT2D eigenvalue weighted by atomic mass is 32.2. The van der Waals surface area contributed by atoms with Gasteiger partial charge in [-0.05, 0) is 25.2 Å². The average molecular weight is 407 g/mol. The lowest BCUT2D eigenvalue weighted by Gasteiger charge is -2.14. The van der Waals surface area contributed by atoms with Crippen molar-refractivity contribution in [1.82, 2.24) is 15.1 Å². The number of nitrogens with one attached hydrogen (secondary N) is 2. The molecule has 2 N–H and O–H groups in total. The largest absolute Gasteiger partial charge is 0.376 e. The molecule has 2 amide bonds. The third-order valence-corrected chi connectivity index (χ3v) is 6.95. The van der Waals surface area contributed by atoms with Crippen LogP contribution < -0.4 is 10.6 Å². The summed E-state index contributed by atoms with van der Waals surface area (Å²) in [7, 11) is 0. The van der Waals surface area contributed by atoms with Gasteiger partial charge in [-0.25, -0.2) is 4.68 Å². The molecular weight excluding hydrogens is 376 g/mol. The first-order chi connectivity index (χ1) is 13.7. The second-order valence-corrected chi connectivity index (χ2v) is 9.09. The summed E-state index contributed by atoms with van der Waals surface area (Å²) in [5.74, 6) is 3.03. The minimum Gasteiger partial charge on any atom is -0.376 e. The molecule has 1 saturated heterocycles. The fourth-order valence-electron chi connectivity index (χ4n) is 4.37. The smallest absolute Gasteiger partial charge is 0.241 e. The number of carbonyl (C=O) groups excluding carboxylic acids is 2. The standard InChI is InChI=1S/C20H30N4O3S/c25-18(8-7-14-4-1-2-5-14)22-20-16-12-28-13-17(16)23-24(20)11-19(26)21-10-15-6-3-9-27-15/h14-15H,1-13H2,(H,21,26)(H,22,25). The van der Waals surface area contributed by atoms with Gasteiger partial charge < -0.3 is 15.4 Å². The number of hydrogen-bond acceptors (Lipinski definition) is 5. The zero-order chi connectivity index (χ0) is 19.3. The molecule has 0 radical (unpaired) electrons. The summed E-state index contributed by atoms with van der Waals surface area (Å²) in [6.07, 6.45) is 8.77. The van der Waals surface area contributed by atoms with Gasteiger partial charge in [0.25, 0.3) is 0 Å². The van der Waals surface area contributed by atoms with Crippen LogP contribution in [0.3, 0.4) is 0 Å². The number of aromatic nitrogens is 2. The van der Waals surface area contributed by atoms with Crippen molar-refractivity contribution in [2.75, 3.05) is 18.5 Å². The van der Waals surface area contributed by atoms with Crippen LogP contribution in [0.4, 0.5) is 5.82 Å². The van der Waals surface area contributed by atoms with E-state index in [0.717, 1.165) is 48.6 Å². The number of rotatable bonds is 8. The predicted octanol–water partition coefficient (Wildman–Crippen LogP) is 2.83.